The Kier molecular flexibility index (Phi) is 3.96. The zero-order valence-electron chi connectivity index (χ0n) is 12.2. The molecule has 8 nitrogen and oxygen atoms in total. The fourth-order valence-electron chi connectivity index (χ4n) is 2.52. The maximum absolute atomic E-state index is 11.8. The van der Waals surface area contributed by atoms with Crippen LogP contribution in [0.15, 0.2) is 30.3 Å². The topological polar surface area (TPSA) is 105 Å². The van der Waals surface area contributed by atoms with E-state index in [2.05, 4.69) is 10.6 Å². The van der Waals surface area contributed by atoms with Crippen LogP contribution in [0.25, 0.3) is 0 Å². The summed E-state index contributed by atoms with van der Waals surface area (Å²) in [4.78, 5) is 47.7. The number of carbonyl (C=O) groups is 4. The molecular formula is C15H15N3O5. The SMILES string of the molecule is O=C(N[C@@H]1C(=O)N[C@H]1N1C(=O)CCC1=O)OCc1ccccc1. The van der Waals surface area contributed by atoms with E-state index in [1.807, 2.05) is 18.2 Å². The first-order chi connectivity index (χ1) is 11.1. The van der Waals surface area contributed by atoms with Gasteiger partial charge in [-0.3, -0.25) is 19.3 Å². The number of hydrogen-bond donors (Lipinski definition) is 2. The van der Waals surface area contributed by atoms with Gasteiger partial charge in [0.05, 0.1) is 0 Å². The molecule has 2 fully saturated rings. The van der Waals surface area contributed by atoms with Gasteiger partial charge in [-0.15, -0.1) is 0 Å². The molecule has 0 bridgehead atoms. The van der Waals surface area contributed by atoms with Crippen molar-refractivity contribution < 1.29 is 23.9 Å². The highest BCUT2D eigenvalue weighted by Gasteiger charge is 2.49. The standard InChI is InChI=1S/C15H15N3O5/c19-10-6-7-11(20)18(10)13-12(14(21)17-13)16-15(22)23-8-9-4-2-1-3-5-9/h1-5,12-13H,6-8H2,(H,16,22)(H,17,21)/t12-,13-/m0/s1. The fraction of sp³-hybridized carbons (Fsp3) is 0.333. The molecule has 0 unspecified atom stereocenters. The number of hydrogen-bond acceptors (Lipinski definition) is 5. The summed E-state index contributed by atoms with van der Waals surface area (Å²) in [5.74, 6) is -1.17. The zero-order chi connectivity index (χ0) is 16.4. The van der Waals surface area contributed by atoms with Gasteiger partial charge in [-0.2, -0.15) is 0 Å². The lowest BCUT2D eigenvalue weighted by Gasteiger charge is -2.40. The van der Waals surface area contributed by atoms with Crippen LogP contribution in [0, 0.1) is 0 Å². The molecule has 2 aliphatic heterocycles. The number of amides is 4. The third-order valence-corrected chi connectivity index (χ3v) is 3.74. The van der Waals surface area contributed by atoms with Crippen LogP contribution in [-0.2, 0) is 25.7 Å². The van der Waals surface area contributed by atoms with E-state index in [0.29, 0.717) is 0 Å². The molecule has 3 rings (SSSR count). The summed E-state index contributed by atoms with van der Waals surface area (Å²) in [7, 11) is 0. The number of rotatable bonds is 4. The van der Waals surface area contributed by atoms with Crippen LogP contribution < -0.4 is 10.6 Å². The predicted molar refractivity (Wildman–Crippen MR) is 76.6 cm³/mol. The molecule has 2 N–H and O–H groups in total. The van der Waals surface area contributed by atoms with Crippen LogP contribution in [0.5, 0.6) is 0 Å². The number of alkyl carbamates (subject to hydrolysis) is 1. The van der Waals surface area contributed by atoms with Crippen molar-refractivity contribution in [3.05, 3.63) is 35.9 Å². The summed E-state index contributed by atoms with van der Waals surface area (Å²) in [6.07, 6.45) is -1.38. The molecule has 8 heteroatoms. The van der Waals surface area contributed by atoms with E-state index in [-0.39, 0.29) is 31.3 Å². The Morgan fingerprint density at radius 1 is 1.17 bits per heavy atom. The van der Waals surface area contributed by atoms with E-state index < -0.39 is 24.2 Å². The Labute approximate surface area is 131 Å². The maximum Gasteiger partial charge on any atom is 0.408 e. The molecule has 4 amide bonds. The Bertz CT molecular complexity index is 644. The minimum atomic E-state index is -0.982. The van der Waals surface area contributed by atoms with Crippen molar-refractivity contribution in [2.24, 2.45) is 0 Å². The van der Waals surface area contributed by atoms with E-state index >= 15 is 0 Å². The summed E-state index contributed by atoms with van der Waals surface area (Å²) in [5, 5.41) is 4.83. The highest BCUT2D eigenvalue weighted by Crippen LogP contribution is 2.20. The van der Waals surface area contributed by atoms with Crippen molar-refractivity contribution in [1.82, 2.24) is 15.5 Å². The van der Waals surface area contributed by atoms with E-state index in [4.69, 9.17) is 4.74 Å². The minimum Gasteiger partial charge on any atom is -0.445 e. The van der Waals surface area contributed by atoms with Crippen molar-refractivity contribution in [1.29, 1.82) is 0 Å². The highest BCUT2D eigenvalue weighted by molar-refractivity contribution is 6.05. The monoisotopic (exact) mass is 317 g/mol. The summed E-state index contributed by atoms with van der Waals surface area (Å²) in [6.45, 7) is 0.0628. The first kappa shape index (κ1) is 15.0. The van der Waals surface area contributed by atoms with Gasteiger partial charge in [-0.05, 0) is 5.56 Å². The largest absolute Gasteiger partial charge is 0.445 e. The average molecular weight is 317 g/mol. The summed E-state index contributed by atoms with van der Waals surface area (Å²) < 4.78 is 5.03. The first-order valence-corrected chi connectivity index (χ1v) is 7.19. The van der Waals surface area contributed by atoms with Gasteiger partial charge < -0.3 is 15.4 Å². The smallest absolute Gasteiger partial charge is 0.408 e. The number of carbonyl (C=O) groups excluding carboxylic acids is 4. The summed E-state index contributed by atoms with van der Waals surface area (Å²) in [6, 6.07) is 8.09. The zero-order valence-corrected chi connectivity index (χ0v) is 12.2. The van der Waals surface area contributed by atoms with Gasteiger partial charge in [-0.25, -0.2) is 4.79 Å². The Hall–Kier alpha value is -2.90. The molecular weight excluding hydrogens is 302 g/mol. The minimum absolute atomic E-state index is 0.0628. The number of imide groups is 1. The second-order valence-corrected chi connectivity index (χ2v) is 5.29. The molecule has 1 aromatic rings. The quantitative estimate of drug-likeness (QED) is 0.595. The lowest BCUT2D eigenvalue weighted by molar-refractivity contribution is -0.151. The molecule has 0 spiro atoms. The van der Waals surface area contributed by atoms with Crippen molar-refractivity contribution >= 4 is 23.8 Å². The van der Waals surface area contributed by atoms with E-state index in [0.717, 1.165) is 10.5 Å². The predicted octanol–water partition coefficient (Wildman–Crippen LogP) is -0.114. The van der Waals surface area contributed by atoms with Gasteiger partial charge in [-0.1, -0.05) is 30.3 Å². The van der Waals surface area contributed by atoms with Crippen LogP contribution in [0.1, 0.15) is 18.4 Å². The van der Waals surface area contributed by atoms with Crippen molar-refractivity contribution in [2.75, 3.05) is 0 Å². The highest BCUT2D eigenvalue weighted by atomic mass is 16.5. The number of nitrogens with zero attached hydrogens (tertiary/aromatic N) is 1. The molecule has 2 aliphatic rings. The molecule has 0 radical (unpaired) electrons. The lowest BCUT2D eigenvalue weighted by atomic mass is 10.1. The molecule has 0 aromatic heterocycles. The van der Waals surface area contributed by atoms with Crippen LogP contribution in [0.3, 0.4) is 0 Å². The molecule has 2 saturated heterocycles. The summed E-state index contributed by atoms with van der Waals surface area (Å²) >= 11 is 0. The molecule has 1 aromatic carbocycles. The van der Waals surface area contributed by atoms with E-state index in [1.165, 1.54) is 0 Å². The lowest BCUT2D eigenvalue weighted by Crippen LogP contribution is -2.75. The number of benzene rings is 1. The average Bonchev–Trinajstić information content (AvgIpc) is 2.88. The van der Waals surface area contributed by atoms with Crippen LogP contribution in [0.2, 0.25) is 0 Å². The van der Waals surface area contributed by atoms with Crippen LogP contribution >= 0.6 is 0 Å². The van der Waals surface area contributed by atoms with Crippen LogP contribution in [-0.4, -0.2) is 40.9 Å². The van der Waals surface area contributed by atoms with Gasteiger partial charge >= 0.3 is 6.09 Å². The summed E-state index contributed by atoms with van der Waals surface area (Å²) in [5.41, 5.74) is 0.808. The van der Waals surface area contributed by atoms with Gasteiger partial charge in [0.25, 0.3) is 0 Å². The van der Waals surface area contributed by atoms with Crippen molar-refractivity contribution in [3.8, 4) is 0 Å². The van der Waals surface area contributed by atoms with Crippen molar-refractivity contribution in [3.63, 3.8) is 0 Å². The van der Waals surface area contributed by atoms with Crippen molar-refractivity contribution in [2.45, 2.75) is 31.7 Å². The number of nitrogens with one attached hydrogen (secondary N) is 2. The first-order valence-electron chi connectivity index (χ1n) is 7.19. The molecule has 2 atom stereocenters. The van der Waals surface area contributed by atoms with E-state index in [9.17, 15) is 19.2 Å². The fourth-order valence-corrected chi connectivity index (χ4v) is 2.52. The Morgan fingerprint density at radius 3 is 2.43 bits per heavy atom. The maximum atomic E-state index is 11.8. The number of likely N-dealkylation sites (tertiary alicyclic amines) is 1. The van der Waals surface area contributed by atoms with E-state index in [1.54, 1.807) is 12.1 Å². The molecule has 0 aliphatic carbocycles. The molecule has 2 heterocycles. The van der Waals surface area contributed by atoms with Gasteiger partial charge in [0.1, 0.15) is 12.8 Å². The van der Waals surface area contributed by atoms with Crippen LogP contribution in [0.4, 0.5) is 4.79 Å². The molecule has 0 saturated carbocycles. The number of ether oxygens (including phenoxy) is 1. The second-order valence-electron chi connectivity index (χ2n) is 5.29. The third-order valence-electron chi connectivity index (χ3n) is 3.74. The Morgan fingerprint density at radius 2 is 1.83 bits per heavy atom. The van der Waals surface area contributed by atoms with Gasteiger partial charge in [0.2, 0.25) is 17.7 Å². The normalized spacial score (nSPS) is 23.3. The van der Waals surface area contributed by atoms with Gasteiger partial charge in [0, 0.05) is 12.8 Å². The number of β-lactam (4-membered cyclic amide) rings is 1. The van der Waals surface area contributed by atoms with Gasteiger partial charge in [0.15, 0.2) is 6.04 Å². The Balaban J connectivity index is 1.56. The second kappa shape index (κ2) is 6.07. The molecule has 120 valence electrons. The third kappa shape index (κ3) is 3.01. The molecule has 23 heavy (non-hydrogen) atoms.